The van der Waals surface area contributed by atoms with Gasteiger partial charge in [0.05, 0.1) is 15.7 Å². The van der Waals surface area contributed by atoms with Crippen molar-refractivity contribution in [3.8, 4) is 11.3 Å². The lowest BCUT2D eigenvalue weighted by atomic mass is 10.1. The van der Waals surface area contributed by atoms with Gasteiger partial charge in [-0.3, -0.25) is 0 Å². The first-order valence-electron chi connectivity index (χ1n) is 5.72. The molecule has 0 amide bonds. The Kier molecular flexibility index (Phi) is 3.80. The second kappa shape index (κ2) is 5.21. The Labute approximate surface area is 118 Å². The molecule has 1 aromatic carbocycles. The molecule has 0 radical (unpaired) electrons. The second-order valence-corrected chi connectivity index (χ2v) is 4.92. The Bertz CT molecular complexity index is 644. The standard InChI is InChI=1S/C13H12BrF2N3/c1-3-9-18-12(6(2)13(17)19-9)10-8(15)5-4-7(14)11(10)16/h4-5H,3H2,1-2H3,(H2,17,18,19). The zero-order valence-electron chi connectivity index (χ0n) is 10.5. The fraction of sp³-hybridized carbons (Fsp3) is 0.231. The molecule has 0 aliphatic rings. The van der Waals surface area contributed by atoms with E-state index in [1.165, 1.54) is 12.1 Å². The summed E-state index contributed by atoms with van der Waals surface area (Å²) in [4.78, 5) is 8.26. The molecule has 2 N–H and O–H groups in total. The summed E-state index contributed by atoms with van der Waals surface area (Å²) in [6.45, 7) is 3.49. The molecule has 0 unspecified atom stereocenters. The molecule has 2 aromatic rings. The lowest BCUT2D eigenvalue weighted by Gasteiger charge is -2.11. The number of rotatable bonds is 2. The highest BCUT2D eigenvalue weighted by atomic mass is 79.9. The number of hydrogen-bond donors (Lipinski definition) is 1. The van der Waals surface area contributed by atoms with E-state index in [4.69, 9.17) is 5.73 Å². The van der Waals surface area contributed by atoms with Gasteiger partial charge >= 0.3 is 0 Å². The lowest BCUT2D eigenvalue weighted by molar-refractivity contribution is 0.584. The monoisotopic (exact) mass is 327 g/mol. The molecule has 0 atom stereocenters. The number of aromatic nitrogens is 2. The molecular formula is C13H12BrF2N3. The predicted octanol–water partition coefficient (Wildman–Crippen LogP) is 3.64. The molecule has 0 bridgehead atoms. The van der Waals surface area contributed by atoms with E-state index in [1.54, 1.807) is 6.92 Å². The van der Waals surface area contributed by atoms with Gasteiger partial charge in [-0.25, -0.2) is 18.7 Å². The minimum atomic E-state index is -0.691. The minimum absolute atomic E-state index is 0.179. The maximum absolute atomic E-state index is 14.1. The lowest BCUT2D eigenvalue weighted by Crippen LogP contribution is -2.06. The van der Waals surface area contributed by atoms with Crippen molar-refractivity contribution in [2.24, 2.45) is 0 Å². The number of hydrogen-bond acceptors (Lipinski definition) is 3. The van der Waals surface area contributed by atoms with Crippen molar-refractivity contribution >= 4 is 21.7 Å². The first kappa shape index (κ1) is 13.9. The highest BCUT2D eigenvalue weighted by Gasteiger charge is 2.19. The van der Waals surface area contributed by atoms with Crippen molar-refractivity contribution in [2.75, 3.05) is 5.73 Å². The van der Waals surface area contributed by atoms with Crippen LogP contribution in [0.5, 0.6) is 0 Å². The van der Waals surface area contributed by atoms with E-state index in [1.807, 2.05) is 6.92 Å². The molecule has 0 spiro atoms. The summed E-state index contributed by atoms with van der Waals surface area (Å²) in [5, 5.41) is 0. The van der Waals surface area contributed by atoms with Crippen molar-refractivity contribution in [3.05, 3.63) is 39.6 Å². The molecule has 0 fully saturated rings. The van der Waals surface area contributed by atoms with Crippen molar-refractivity contribution in [1.29, 1.82) is 0 Å². The maximum atomic E-state index is 14.1. The van der Waals surface area contributed by atoms with Crippen molar-refractivity contribution in [3.63, 3.8) is 0 Å². The van der Waals surface area contributed by atoms with E-state index < -0.39 is 11.6 Å². The molecule has 100 valence electrons. The SMILES string of the molecule is CCc1nc(N)c(C)c(-c2c(F)ccc(Br)c2F)n1. The summed E-state index contributed by atoms with van der Waals surface area (Å²) >= 11 is 3.04. The van der Waals surface area contributed by atoms with Gasteiger partial charge in [0, 0.05) is 12.0 Å². The smallest absolute Gasteiger partial charge is 0.149 e. The molecule has 3 nitrogen and oxygen atoms in total. The van der Waals surface area contributed by atoms with Crippen LogP contribution in [0.3, 0.4) is 0 Å². The number of nitrogens with two attached hydrogens (primary N) is 1. The van der Waals surface area contributed by atoms with E-state index in [0.717, 1.165) is 0 Å². The quantitative estimate of drug-likeness (QED) is 0.857. The summed E-state index contributed by atoms with van der Waals surface area (Å²) in [7, 11) is 0. The fourth-order valence-corrected chi connectivity index (χ4v) is 2.06. The average Bonchev–Trinajstić information content (AvgIpc) is 2.39. The molecule has 0 saturated heterocycles. The molecule has 1 aromatic heterocycles. The molecule has 2 rings (SSSR count). The first-order valence-corrected chi connectivity index (χ1v) is 6.51. The van der Waals surface area contributed by atoms with Gasteiger partial charge in [-0.05, 0) is 35.0 Å². The van der Waals surface area contributed by atoms with Crippen LogP contribution in [0, 0.1) is 18.6 Å². The number of benzene rings is 1. The summed E-state index contributed by atoms with van der Waals surface area (Å²) < 4.78 is 28.2. The zero-order chi connectivity index (χ0) is 14.2. The van der Waals surface area contributed by atoms with Gasteiger partial charge in [0.1, 0.15) is 23.3 Å². The molecule has 0 aliphatic heterocycles. The van der Waals surface area contributed by atoms with Crippen LogP contribution in [0.25, 0.3) is 11.3 Å². The Morgan fingerprint density at radius 3 is 2.58 bits per heavy atom. The summed E-state index contributed by atoms with van der Waals surface area (Å²) in [6, 6.07) is 2.50. The number of halogens is 3. The summed E-state index contributed by atoms with van der Waals surface area (Å²) in [5.41, 5.74) is 6.24. The first-order chi connectivity index (χ1) is 8.95. The highest BCUT2D eigenvalue weighted by Crippen LogP contribution is 2.32. The third-order valence-corrected chi connectivity index (χ3v) is 3.44. The van der Waals surface area contributed by atoms with E-state index in [0.29, 0.717) is 17.8 Å². The maximum Gasteiger partial charge on any atom is 0.149 e. The van der Waals surface area contributed by atoms with Gasteiger partial charge in [0.15, 0.2) is 0 Å². The minimum Gasteiger partial charge on any atom is -0.383 e. The average molecular weight is 328 g/mol. The topological polar surface area (TPSA) is 51.8 Å². The van der Waals surface area contributed by atoms with Gasteiger partial charge < -0.3 is 5.73 Å². The van der Waals surface area contributed by atoms with Crippen molar-refractivity contribution < 1.29 is 8.78 Å². The normalized spacial score (nSPS) is 10.8. The Balaban J connectivity index is 2.79. The molecule has 19 heavy (non-hydrogen) atoms. The zero-order valence-corrected chi connectivity index (χ0v) is 12.1. The largest absolute Gasteiger partial charge is 0.383 e. The van der Waals surface area contributed by atoms with Crippen LogP contribution < -0.4 is 5.73 Å². The van der Waals surface area contributed by atoms with E-state index >= 15 is 0 Å². The number of aryl methyl sites for hydroxylation is 1. The van der Waals surface area contributed by atoms with Crippen LogP contribution in [0.1, 0.15) is 18.3 Å². The van der Waals surface area contributed by atoms with E-state index in [-0.39, 0.29) is 21.5 Å². The van der Waals surface area contributed by atoms with Crippen LogP contribution in [-0.4, -0.2) is 9.97 Å². The third kappa shape index (κ3) is 2.45. The molecule has 6 heteroatoms. The van der Waals surface area contributed by atoms with Gasteiger partial charge in [0.2, 0.25) is 0 Å². The van der Waals surface area contributed by atoms with Gasteiger partial charge in [0.25, 0.3) is 0 Å². The van der Waals surface area contributed by atoms with Crippen molar-refractivity contribution in [1.82, 2.24) is 9.97 Å². The summed E-state index contributed by atoms with van der Waals surface area (Å²) in [5.74, 6) is -0.676. The van der Waals surface area contributed by atoms with Crippen LogP contribution in [0.2, 0.25) is 0 Å². The fourth-order valence-electron chi connectivity index (χ4n) is 1.73. The molecular weight excluding hydrogens is 316 g/mol. The van der Waals surface area contributed by atoms with Crippen LogP contribution >= 0.6 is 15.9 Å². The number of nitrogens with zero attached hydrogens (tertiary/aromatic N) is 2. The third-order valence-electron chi connectivity index (χ3n) is 2.83. The Hall–Kier alpha value is -1.56. The van der Waals surface area contributed by atoms with Crippen LogP contribution in [0.4, 0.5) is 14.6 Å². The molecule has 0 aliphatic carbocycles. The number of anilines is 1. The van der Waals surface area contributed by atoms with Crippen molar-refractivity contribution in [2.45, 2.75) is 20.3 Å². The van der Waals surface area contributed by atoms with Gasteiger partial charge in [-0.15, -0.1) is 0 Å². The number of nitrogen functional groups attached to an aromatic ring is 1. The Morgan fingerprint density at radius 2 is 1.95 bits per heavy atom. The molecule has 1 heterocycles. The highest BCUT2D eigenvalue weighted by molar-refractivity contribution is 9.10. The van der Waals surface area contributed by atoms with Crippen LogP contribution in [0.15, 0.2) is 16.6 Å². The molecule has 0 saturated carbocycles. The predicted molar refractivity (Wildman–Crippen MR) is 73.6 cm³/mol. The Morgan fingerprint density at radius 1 is 1.26 bits per heavy atom. The van der Waals surface area contributed by atoms with Gasteiger partial charge in [-0.2, -0.15) is 0 Å². The van der Waals surface area contributed by atoms with Gasteiger partial charge in [-0.1, -0.05) is 6.92 Å². The van der Waals surface area contributed by atoms with E-state index in [2.05, 4.69) is 25.9 Å². The second-order valence-electron chi connectivity index (χ2n) is 4.07. The van der Waals surface area contributed by atoms with Crippen LogP contribution in [-0.2, 0) is 6.42 Å². The summed E-state index contributed by atoms with van der Waals surface area (Å²) in [6.07, 6.45) is 0.536. The van der Waals surface area contributed by atoms with E-state index in [9.17, 15) is 8.78 Å².